The molecule has 1 amide bonds. The van der Waals surface area contributed by atoms with Crippen LogP contribution < -0.4 is 0 Å². The Morgan fingerprint density at radius 3 is 2.69 bits per heavy atom. The van der Waals surface area contributed by atoms with Gasteiger partial charge in [-0.3, -0.25) is 4.79 Å². The fraction of sp³-hybridized carbons (Fsp3) is 0.769. The average Bonchev–Trinajstić information content (AvgIpc) is 2.82. The van der Waals surface area contributed by atoms with Crippen molar-refractivity contribution in [2.75, 3.05) is 20.2 Å². The first-order valence-electron chi connectivity index (χ1n) is 6.19. The molecule has 0 bridgehead atoms. The molecule has 1 aliphatic heterocycles. The summed E-state index contributed by atoms with van der Waals surface area (Å²) in [6, 6.07) is 0. The standard InChI is InChI=1S/C13H21NO2/c1-10-7-8-14(9-12(10)16-2)13(15)11-5-3-4-6-11/h3-4,10-12H,5-9H2,1-2H3/t10-,12-/m0/s1. The van der Waals surface area contributed by atoms with E-state index in [1.54, 1.807) is 7.11 Å². The largest absolute Gasteiger partial charge is 0.379 e. The number of hydrogen-bond acceptors (Lipinski definition) is 2. The number of amides is 1. The Labute approximate surface area is 97.5 Å². The van der Waals surface area contributed by atoms with E-state index in [-0.39, 0.29) is 12.0 Å². The molecule has 1 heterocycles. The van der Waals surface area contributed by atoms with E-state index in [1.807, 2.05) is 4.90 Å². The predicted molar refractivity (Wildman–Crippen MR) is 63.0 cm³/mol. The van der Waals surface area contributed by atoms with Crippen molar-refractivity contribution < 1.29 is 9.53 Å². The number of nitrogens with zero attached hydrogens (tertiary/aromatic N) is 1. The molecule has 2 aliphatic rings. The number of carbonyl (C=O) groups excluding carboxylic acids is 1. The zero-order valence-electron chi connectivity index (χ0n) is 10.2. The fourth-order valence-electron chi connectivity index (χ4n) is 2.62. The van der Waals surface area contributed by atoms with Crippen LogP contribution in [0.5, 0.6) is 0 Å². The van der Waals surface area contributed by atoms with Gasteiger partial charge in [0, 0.05) is 26.1 Å². The SMILES string of the molecule is CO[C@H]1CN(C(=O)C2CC=CC2)CC[C@@H]1C. The van der Waals surface area contributed by atoms with Gasteiger partial charge in [-0.1, -0.05) is 19.1 Å². The topological polar surface area (TPSA) is 29.5 Å². The Balaban J connectivity index is 1.92. The fourth-order valence-corrected chi connectivity index (χ4v) is 2.62. The summed E-state index contributed by atoms with van der Waals surface area (Å²) in [7, 11) is 1.74. The molecule has 0 unspecified atom stereocenters. The molecular formula is C13H21NO2. The summed E-state index contributed by atoms with van der Waals surface area (Å²) in [5.74, 6) is 1.08. The zero-order valence-corrected chi connectivity index (χ0v) is 10.2. The van der Waals surface area contributed by atoms with Crippen LogP contribution in [-0.4, -0.2) is 37.1 Å². The summed E-state index contributed by atoms with van der Waals surface area (Å²) in [6.45, 7) is 3.87. The van der Waals surface area contributed by atoms with Gasteiger partial charge in [-0.05, 0) is 25.2 Å². The summed E-state index contributed by atoms with van der Waals surface area (Å²) in [5, 5.41) is 0. The molecule has 2 atom stereocenters. The van der Waals surface area contributed by atoms with Crippen molar-refractivity contribution in [3.63, 3.8) is 0 Å². The number of carbonyl (C=O) groups is 1. The van der Waals surface area contributed by atoms with Crippen molar-refractivity contribution in [3.8, 4) is 0 Å². The smallest absolute Gasteiger partial charge is 0.226 e. The summed E-state index contributed by atoms with van der Waals surface area (Å²) >= 11 is 0. The second kappa shape index (κ2) is 5.00. The minimum Gasteiger partial charge on any atom is -0.379 e. The number of hydrogen-bond donors (Lipinski definition) is 0. The van der Waals surface area contributed by atoms with Gasteiger partial charge in [0.05, 0.1) is 6.10 Å². The van der Waals surface area contributed by atoms with Crippen LogP contribution in [0.15, 0.2) is 12.2 Å². The van der Waals surface area contributed by atoms with Crippen LogP contribution in [0, 0.1) is 11.8 Å². The van der Waals surface area contributed by atoms with Crippen LogP contribution in [0.3, 0.4) is 0 Å². The lowest BCUT2D eigenvalue weighted by Gasteiger charge is -2.37. The average molecular weight is 223 g/mol. The number of rotatable bonds is 2. The maximum Gasteiger partial charge on any atom is 0.226 e. The maximum atomic E-state index is 12.2. The molecule has 1 fully saturated rings. The summed E-state index contributed by atoms with van der Waals surface area (Å²) in [5.41, 5.74) is 0. The van der Waals surface area contributed by atoms with Crippen LogP contribution in [0.1, 0.15) is 26.2 Å². The Kier molecular flexibility index (Phi) is 3.64. The molecule has 0 aromatic carbocycles. The number of methoxy groups -OCH3 is 1. The van der Waals surface area contributed by atoms with Crippen LogP contribution in [0.25, 0.3) is 0 Å². The molecule has 0 aromatic heterocycles. The quantitative estimate of drug-likeness (QED) is 0.668. The van der Waals surface area contributed by atoms with E-state index in [0.717, 1.165) is 32.4 Å². The first-order valence-corrected chi connectivity index (χ1v) is 6.19. The molecule has 1 aliphatic carbocycles. The van der Waals surface area contributed by atoms with E-state index in [1.165, 1.54) is 0 Å². The molecule has 0 N–H and O–H groups in total. The van der Waals surface area contributed by atoms with E-state index in [9.17, 15) is 4.79 Å². The number of likely N-dealkylation sites (tertiary alicyclic amines) is 1. The first-order chi connectivity index (χ1) is 7.72. The molecule has 3 nitrogen and oxygen atoms in total. The third-order valence-electron chi connectivity index (χ3n) is 3.86. The molecular weight excluding hydrogens is 202 g/mol. The molecule has 0 spiro atoms. The van der Waals surface area contributed by atoms with E-state index in [2.05, 4.69) is 19.1 Å². The molecule has 0 saturated carbocycles. The van der Waals surface area contributed by atoms with Crippen molar-refractivity contribution in [2.24, 2.45) is 11.8 Å². The lowest BCUT2D eigenvalue weighted by molar-refractivity contribution is -0.140. The molecule has 0 aromatic rings. The van der Waals surface area contributed by atoms with Gasteiger partial charge >= 0.3 is 0 Å². The third kappa shape index (κ3) is 2.29. The van der Waals surface area contributed by atoms with E-state index < -0.39 is 0 Å². The van der Waals surface area contributed by atoms with Crippen LogP contribution in [0.2, 0.25) is 0 Å². The molecule has 16 heavy (non-hydrogen) atoms. The van der Waals surface area contributed by atoms with Crippen molar-refractivity contribution in [1.82, 2.24) is 4.90 Å². The highest BCUT2D eigenvalue weighted by Crippen LogP contribution is 2.25. The van der Waals surface area contributed by atoms with Gasteiger partial charge < -0.3 is 9.64 Å². The summed E-state index contributed by atoms with van der Waals surface area (Å²) in [6.07, 6.45) is 7.34. The molecule has 3 heteroatoms. The zero-order chi connectivity index (χ0) is 11.5. The summed E-state index contributed by atoms with van der Waals surface area (Å²) in [4.78, 5) is 14.2. The Bertz CT molecular complexity index is 280. The second-order valence-corrected chi connectivity index (χ2v) is 4.96. The van der Waals surface area contributed by atoms with Crippen molar-refractivity contribution in [3.05, 3.63) is 12.2 Å². The van der Waals surface area contributed by atoms with Crippen LogP contribution in [0.4, 0.5) is 0 Å². The van der Waals surface area contributed by atoms with Crippen molar-refractivity contribution >= 4 is 5.91 Å². The first kappa shape index (κ1) is 11.6. The minimum absolute atomic E-state index is 0.200. The Hall–Kier alpha value is -0.830. The Morgan fingerprint density at radius 2 is 2.06 bits per heavy atom. The second-order valence-electron chi connectivity index (χ2n) is 4.96. The normalized spacial score (nSPS) is 31.0. The lowest BCUT2D eigenvalue weighted by Crippen LogP contribution is -2.48. The monoisotopic (exact) mass is 223 g/mol. The van der Waals surface area contributed by atoms with E-state index in [4.69, 9.17) is 4.74 Å². The van der Waals surface area contributed by atoms with Gasteiger partial charge in [-0.2, -0.15) is 0 Å². The number of piperidine rings is 1. The van der Waals surface area contributed by atoms with Gasteiger partial charge in [-0.15, -0.1) is 0 Å². The van der Waals surface area contributed by atoms with Crippen molar-refractivity contribution in [2.45, 2.75) is 32.3 Å². The van der Waals surface area contributed by atoms with Gasteiger partial charge in [0.2, 0.25) is 5.91 Å². The van der Waals surface area contributed by atoms with Crippen LogP contribution in [-0.2, 0) is 9.53 Å². The summed E-state index contributed by atoms with van der Waals surface area (Å²) < 4.78 is 5.44. The molecule has 0 radical (unpaired) electrons. The van der Waals surface area contributed by atoms with E-state index >= 15 is 0 Å². The van der Waals surface area contributed by atoms with E-state index in [0.29, 0.717) is 11.8 Å². The van der Waals surface area contributed by atoms with Gasteiger partial charge in [0.25, 0.3) is 0 Å². The van der Waals surface area contributed by atoms with Gasteiger partial charge in [0.15, 0.2) is 0 Å². The number of ether oxygens (including phenoxy) is 1. The predicted octanol–water partition coefficient (Wildman–Crippen LogP) is 1.84. The molecule has 90 valence electrons. The maximum absolute atomic E-state index is 12.2. The highest BCUT2D eigenvalue weighted by atomic mass is 16.5. The lowest BCUT2D eigenvalue weighted by atomic mass is 9.94. The third-order valence-corrected chi connectivity index (χ3v) is 3.86. The van der Waals surface area contributed by atoms with Gasteiger partial charge in [-0.25, -0.2) is 0 Å². The Morgan fingerprint density at radius 1 is 1.38 bits per heavy atom. The minimum atomic E-state index is 0.200. The highest BCUT2D eigenvalue weighted by Gasteiger charge is 2.32. The number of allylic oxidation sites excluding steroid dienone is 2. The van der Waals surface area contributed by atoms with Crippen LogP contribution >= 0.6 is 0 Å². The molecule has 2 rings (SSSR count). The van der Waals surface area contributed by atoms with Gasteiger partial charge in [0.1, 0.15) is 0 Å². The van der Waals surface area contributed by atoms with Crippen molar-refractivity contribution in [1.29, 1.82) is 0 Å². The molecule has 1 saturated heterocycles. The highest BCUT2D eigenvalue weighted by molar-refractivity contribution is 5.79.